The van der Waals surface area contributed by atoms with E-state index >= 15 is 0 Å². The van der Waals surface area contributed by atoms with Crippen molar-refractivity contribution in [3.63, 3.8) is 0 Å². The number of aryl methyl sites for hydroxylation is 1. The molecular weight excluding hydrogens is 258 g/mol. The second kappa shape index (κ2) is 7.34. The van der Waals surface area contributed by atoms with E-state index in [1.54, 1.807) is 0 Å². The number of benzene rings is 1. The van der Waals surface area contributed by atoms with E-state index in [2.05, 4.69) is 48.0 Å². The van der Waals surface area contributed by atoms with E-state index in [1.807, 2.05) is 31.2 Å². The summed E-state index contributed by atoms with van der Waals surface area (Å²) in [5.41, 5.74) is 9.78. The number of pyridine rings is 1. The Balaban J connectivity index is 2.09. The summed E-state index contributed by atoms with van der Waals surface area (Å²) in [5, 5.41) is 0. The molecule has 0 aliphatic heterocycles. The van der Waals surface area contributed by atoms with Crippen LogP contribution in [-0.4, -0.2) is 22.5 Å². The normalized spacial score (nSPS) is 14.1. The van der Waals surface area contributed by atoms with E-state index in [0.29, 0.717) is 0 Å². The molecule has 0 saturated carbocycles. The van der Waals surface area contributed by atoms with Crippen LogP contribution >= 0.6 is 0 Å². The summed E-state index contributed by atoms with van der Waals surface area (Å²) in [5.74, 6) is 0. The molecule has 3 nitrogen and oxygen atoms in total. The minimum Gasteiger partial charge on any atom is -0.323 e. The van der Waals surface area contributed by atoms with Crippen LogP contribution in [0.2, 0.25) is 0 Å². The van der Waals surface area contributed by atoms with Gasteiger partial charge < -0.3 is 5.73 Å². The Labute approximate surface area is 127 Å². The van der Waals surface area contributed by atoms with Crippen LogP contribution in [0.25, 0.3) is 0 Å². The molecular formula is C18H25N3. The first-order valence-electron chi connectivity index (χ1n) is 7.59. The fourth-order valence-corrected chi connectivity index (χ4v) is 2.62. The number of hydrogen-bond acceptors (Lipinski definition) is 3. The fraction of sp³-hybridized carbons (Fsp3) is 0.389. The SMILES string of the molecule is CCN(Cc1cccc(C)n1)C(C)C(N)c1ccccc1. The van der Waals surface area contributed by atoms with Gasteiger partial charge in [0.25, 0.3) is 0 Å². The first kappa shape index (κ1) is 15.7. The second-order valence-corrected chi connectivity index (χ2v) is 5.51. The van der Waals surface area contributed by atoms with Crippen molar-refractivity contribution in [1.82, 2.24) is 9.88 Å². The summed E-state index contributed by atoms with van der Waals surface area (Å²) in [6.07, 6.45) is 0. The molecule has 0 radical (unpaired) electrons. The van der Waals surface area contributed by atoms with Gasteiger partial charge in [0.1, 0.15) is 0 Å². The average Bonchev–Trinajstić information content (AvgIpc) is 2.52. The number of nitrogens with zero attached hydrogens (tertiary/aromatic N) is 2. The van der Waals surface area contributed by atoms with Gasteiger partial charge in [0.05, 0.1) is 5.69 Å². The van der Waals surface area contributed by atoms with Crippen molar-refractivity contribution in [2.75, 3.05) is 6.54 Å². The summed E-state index contributed by atoms with van der Waals surface area (Å²) in [6, 6.07) is 16.7. The molecule has 2 rings (SSSR count). The molecule has 0 spiro atoms. The molecule has 1 heterocycles. The number of hydrogen-bond donors (Lipinski definition) is 1. The van der Waals surface area contributed by atoms with Gasteiger partial charge in [-0.25, -0.2) is 0 Å². The predicted octanol–water partition coefficient (Wildman–Crippen LogP) is 3.30. The molecule has 0 fully saturated rings. The van der Waals surface area contributed by atoms with Gasteiger partial charge in [-0.2, -0.15) is 0 Å². The van der Waals surface area contributed by atoms with Gasteiger partial charge in [-0.05, 0) is 38.1 Å². The summed E-state index contributed by atoms with van der Waals surface area (Å²) in [6.45, 7) is 8.18. The highest BCUT2D eigenvalue weighted by molar-refractivity contribution is 5.20. The van der Waals surface area contributed by atoms with E-state index < -0.39 is 0 Å². The fourth-order valence-electron chi connectivity index (χ4n) is 2.62. The van der Waals surface area contributed by atoms with Crippen molar-refractivity contribution >= 4 is 0 Å². The lowest BCUT2D eigenvalue weighted by Gasteiger charge is -2.32. The Kier molecular flexibility index (Phi) is 5.48. The highest BCUT2D eigenvalue weighted by Crippen LogP contribution is 2.19. The zero-order chi connectivity index (χ0) is 15.2. The zero-order valence-corrected chi connectivity index (χ0v) is 13.2. The Morgan fingerprint density at radius 1 is 1.10 bits per heavy atom. The molecule has 0 aliphatic rings. The molecule has 2 atom stereocenters. The highest BCUT2D eigenvalue weighted by atomic mass is 15.2. The lowest BCUT2D eigenvalue weighted by molar-refractivity contribution is 0.183. The molecule has 1 aromatic carbocycles. The monoisotopic (exact) mass is 283 g/mol. The Morgan fingerprint density at radius 3 is 2.43 bits per heavy atom. The summed E-state index contributed by atoms with van der Waals surface area (Å²) < 4.78 is 0. The van der Waals surface area contributed by atoms with Crippen molar-refractivity contribution in [2.24, 2.45) is 5.73 Å². The quantitative estimate of drug-likeness (QED) is 0.884. The lowest BCUT2D eigenvalue weighted by atomic mass is 10.00. The summed E-state index contributed by atoms with van der Waals surface area (Å²) in [7, 11) is 0. The van der Waals surface area contributed by atoms with Crippen molar-refractivity contribution < 1.29 is 0 Å². The van der Waals surface area contributed by atoms with Crippen molar-refractivity contribution in [3.8, 4) is 0 Å². The number of nitrogens with two attached hydrogens (primary N) is 1. The van der Waals surface area contributed by atoms with Gasteiger partial charge in [-0.15, -0.1) is 0 Å². The van der Waals surface area contributed by atoms with Gasteiger partial charge in [-0.3, -0.25) is 9.88 Å². The molecule has 21 heavy (non-hydrogen) atoms. The molecule has 0 amide bonds. The van der Waals surface area contributed by atoms with Crippen LogP contribution in [0.5, 0.6) is 0 Å². The Morgan fingerprint density at radius 2 is 1.81 bits per heavy atom. The van der Waals surface area contributed by atoms with Gasteiger partial charge in [-0.1, -0.05) is 43.3 Å². The lowest BCUT2D eigenvalue weighted by Crippen LogP contribution is -2.40. The van der Waals surface area contributed by atoms with Crippen LogP contribution in [0.4, 0.5) is 0 Å². The van der Waals surface area contributed by atoms with Gasteiger partial charge in [0.2, 0.25) is 0 Å². The van der Waals surface area contributed by atoms with Gasteiger partial charge in [0.15, 0.2) is 0 Å². The molecule has 2 unspecified atom stereocenters. The Hall–Kier alpha value is -1.71. The molecule has 1 aromatic heterocycles. The van der Waals surface area contributed by atoms with Crippen molar-refractivity contribution in [2.45, 2.75) is 39.4 Å². The van der Waals surface area contributed by atoms with E-state index in [9.17, 15) is 0 Å². The van der Waals surface area contributed by atoms with E-state index in [1.165, 1.54) is 5.56 Å². The molecule has 3 heteroatoms. The standard InChI is InChI=1S/C18H25N3/c1-4-21(13-17-12-8-9-14(2)20-17)15(3)18(19)16-10-6-5-7-11-16/h5-12,15,18H,4,13,19H2,1-3H3. The Bertz CT molecular complexity index is 553. The first-order chi connectivity index (χ1) is 10.1. The molecule has 112 valence electrons. The zero-order valence-electron chi connectivity index (χ0n) is 13.2. The largest absolute Gasteiger partial charge is 0.323 e. The molecule has 0 aliphatic carbocycles. The molecule has 2 N–H and O–H groups in total. The third kappa shape index (κ3) is 4.13. The summed E-state index contributed by atoms with van der Waals surface area (Å²) in [4.78, 5) is 6.97. The van der Waals surface area contributed by atoms with Crippen LogP contribution in [0, 0.1) is 6.92 Å². The predicted molar refractivity (Wildman–Crippen MR) is 87.9 cm³/mol. The minimum absolute atomic E-state index is 0.0101. The van der Waals surface area contributed by atoms with E-state index in [-0.39, 0.29) is 12.1 Å². The number of rotatable bonds is 6. The van der Waals surface area contributed by atoms with Crippen molar-refractivity contribution in [3.05, 3.63) is 65.5 Å². The third-order valence-corrected chi connectivity index (χ3v) is 4.00. The minimum atomic E-state index is 0.0101. The van der Waals surface area contributed by atoms with Crippen LogP contribution in [0.1, 0.15) is 36.8 Å². The van der Waals surface area contributed by atoms with Crippen LogP contribution < -0.4 is 5.73 Å². The maximum Gasteiger partial charge on any atom is 0.0547 e. The molecule has 0 bridgehead atoms. The average molecular weight is 283 g/mol. The second-order valence-electron chi connectivity index (χ2n) is 5.51. The third-order valence-electron chi connectivity index (χ3n) is 4.00. The number of likely N-dealkylation sites (N-methyl/N-ethyl adjacent to an activating group) is 1. The highest BCUT2D eigenvalue weighted by Gasteiger charge is 2.21. The van der Waals surface area contributed by atoms with Crippen LogP contribution in [-0.2, 0) is 6.54 Å². The topological polar surface area (TPSA) is 42.2 Å². The van der Waals surface area contributed by atoms with E-state index in [0.717, 1.165) is 24.5 Å². The van der Waals surface area contributed by atoms with Crippen LogP contribution in [0.15, 0.2) is 48.5 Å². The molecule has 2 aromatic rings. The molecule has 0 saturated heterocycles. The van der Waals surface area contributed by atoms with Crippen LogP contribution in [0.3, 0.4) is 0 Å². The van der Waals surface area contributed by atoms with E-state index in [4.69, 9.17) is 5.73 Å². The number of aromatic nitrogens is 1. The van der Waals surface area contributed by atoms with Gasteiger partial charge >= 0.3 is 0 Å². The maximum absolute atomic E-state index is 6.44. The van der Waals surface area contributed by atoms with Gasteiger partial charge in [0, 0.05) is 24.3 Å². The smallest absolute Gasteiger partial charge is 0.0547 e. The first-order valence-corrected chi connectivity index (χ1v) is 7.59. The van der Waals surface area contributed by atoms with Crippen molar-refractivity contribution in [1.29, 1.82) is 0 Å². The maximum atomic E-state index is 6.44. The summed E-state index contributed by atoms with van der Waals surface area (Å²) >= 11 is 0.